The van der Waals surface area contributed by atoms with Gasteiger partial charge in [0.05, 0.1) is 25.3 Å². The number of ether oxygens (including phenoxy) is 2. The van der Waals surface area contributed by atoms with Gasteiger partial charge in [0.2, 0.25) is 0 Å². The highest BCUT2D eigenvalue weighted by molar-refractivity contribution is 6.32. The van der Waals surface area contributed by atoms with Crippen molar-refractivity contribution in [3.05, 3.63) is 124 Å². The van der Waals surface area contributed by atoms with Crippen molar-refractivity contribution in [2.24, 2.45) is 0 Å². The molecular weight excluding hydrogens is 634 g/mol. The Hall–Kier alpha value is -4.56. The number of aryl methyl sites for hydroxylation is 3. The Morgan fingerprint density at radius 1 is 0.898 bits per heavy atom. The normalized spacial score (nSPS) is 13.8. The van der Waals surface area contributed by atoms with Crippen LogP contribution in [0.15, 0.2) is 91.1 Å². The summed E-state index contributed by atoms with van der Waals surface area (Å²) in [7, 11) is 0. The molecule has 1 fully saturated rings. The highest BCUT2D eigenvalue weighted by atomic mass is 35.5. The molecule has 1 aliphatic rings. The van der Waals surface area contributed by atoms with Crippen LogP contribution < -0.4 is 4.74 Å². The van der Waals surface area contributed by atoms with Crippen LogP contribution in [0.1, 0.15) is 39.2 Å². The first kappa shape index (κ1) is 33.0. The number of para-hydroxylation sites is 2. The maximum absolute atomic E-state index is 13.2. The molecule has 252 valence electrons. The molecule has 6 aromatic rings. The number of carboxylic acids is 1. The molecule has 7 rings (SSSR count). The van der Waals surface area contributed by atoms with Crippen molar-refractivity contribution in [1.82, 2.24) is 14.0 Å². The van der Waals surface area contributed by atoms with E-state index in [1.54, 1.807) is 0 Å². The molecule has 0 amide bonds. The Morgan fingerprint density at radius 3 is 2.43 bits per heavy atom. The summed E-state index contributed by atoms with van der Waals surface area (Å²) in [5, 5.41) is 13.7. The maximum Gasteiger partial charge on any atom is 0.352 e. The zero-order valence-corrected chi connectivity index (χ0v) is 28.9. The lowest BCUT2D eigenvalue weighted by molar-refractivity contribution is 0.0362. The van der Waals surface area contributed by atoms with Crippen molar-refractivity contribution in [2.45, 2.75) is 39.8 Å². The fourth-order valence-electron chi connectivity index (χ4n) is 7.30. The third-order valence-electron chi connectivity index (χ3n) is 9.71. The van der Waals surface area contributed by atoms with Gasteiger partial charge in [-0.05, 0) is 84.2 Å². The number of morpholine rings is 1. The number of rotatable bonds is 12. The van der Waals surface area contributed by atoms with Crippen LogP contribution in [0.4, 0.5) is 0 Å². The number of nitrogens with zero attached hydrogens (tertiary/aromatic N) is 3. The summed E-state index contributed by atoms with van der Waals surface area (Å²) >= 11 is 6.37. The van der Waals surface area contributed by atoms with E-state index in [4.69, 9.17) is 21.1 Å². The first-order valence-electron chi connectivity index (χ1n) is 17.1. The number of carboxylic acid groups (broad SMARTS) is 1. The van der Waals surface area contributed by atoms with Gasteiger partial charge in [-0.1, -0.05) is 72.3 Å². The molecule has 4 aromatic carbocycles. The van der Waals surface area contributed by atoms with Crippen LogP contribution in [-0.4, -0.2) is 64.6 Å². The summed E-state index contributed by atoms with van der Waals surface area (Å²) in [5.74, 6) is -0.128. The second-order valence-electron chi connectivity index (χ2n) is 12.9. The number of hydrogen-bond acceptors (Lipinski definition) is 4. The molecule has 0 aliphatic carbocycles. The highest BCUT2D eigenvalue weighted by Gasteiger charge is 2.25. The number of fused-ring (bicyclic) bond motifs is 2. The van der Waals surface area contributed by atoms with Crippen molar-refractivity contribution in [3.63, 3.8) is 0 Å². The van der Waals surface area contributed by atoms with Gasteiger partial charge < -0.3 is 23.7 Å². The smallest absolute Gasteiger partial charge is 0.352 e. The van der Waals surface area contributed by atoms with E-state index in [-0.39, 0.29) is 0 Å². The lowest BCUT2D eigenvalue weighted by atomic mass is 9.96. The fourth-order valence-corrected chi connectivity index (χ4v) is 7.41. The third-order valence-corrected chi connectivity index (χ3v) is 10.3. The van der Waals surface area contributed by atoms with Crippen LogP contribution in [0.5, 0.6) is 5.75 Å². The van der Waals surface area contributed by atoms with Crippen LogP contribution >= 0.6 is 11.6 Å². The predicted molar refractivity (Wildman–Crippen MR) is 197 cm³/mol. The first-order valence-corrected chi connectivity index (χ1v) is 17.5. The number of halogens is 1. The van der Waals surface area contributed by atoms with Gasteiger partial charge in [0.1, 0.15) is 11.4 Å². The molecule has 0 atom stereocenters. The molecule has 8 heteroatoms. The average Bonchev–Trinajstić information content (AvgIpc) is 3.67. The highest BCUT2D eigenvalue weighted by Crippen LogP contribution is 2.37. The zero-order chi connectivity index (χ0) is 33.9. The van der Waals surface area contributed by atoms with E-state index in [9.17, 15) is 9.90 Å². The van der Waals surface area contributed by atoms with Gasteiger partial charge in [0.15, 0.2) is 0 Å². The molecular formula is C41H42ClN3O4. The van der Waals surface area contributed by atoms with E-state index in [0.717, 1.165) is 69.1 Å². The number of aromatic nitrogens is 2. The minimum atomic E-state index is -0.906. The SMILES string of the molecule is Cc1cc(OCCCc2c(C(=O)O)n(CCN3CCOCC3)c3c(-c4ccccc4Cn4ccc5ccccc54)cccc23)cc(C)c1Cl. The van der Waals surface area contributed by atoms with E-state index in [1.165, 1.54) is 16.5 Å². The van der Waals surface area contributed by atoms with Crippen molar-refractivity contribution >= 4 is 39.4 Å². The molecule has 0 bridgehead atoms. The number of hydrogen-bond donors (Lipinski definition) is 1. The maximum atomic E-state index is 13.2. The van der Waals surface area contributed by atoms with E-state index < -0.39 is 5.97 Å². The minimum Gasteiger partial charge on any atom is -0.494 e. The molecule has 0 spiro atoms. The Balaban J connectivity index is 1.27. The number of aromatic carboxylic acids is 1. The Labute approximate surface area is 292 Å². The van der Waals surface area contributed by atoms with E-state index >= 15 is 0 Å². The summed E-state index contributed by atoms with van der Waals surface area (Å²) in [6.45, 7) is 9.52. The standard InChI is InChI=1S/C41H42ClN3O4/c1-28-25-32(26-29(2)38(28)42)49-22-8-14-36-35-13-7-12-34(39(35)45(40(36)41(46)47)19-18-43-20-23-48-24-21-43)33-11-5-3-10-31(33)27-44-17-16-30-9-4-6-15-37(30)44/h3-7,9-13,15-17,25-26H,8,14,18-24,27H2,1-2H3,(H,46,47). The molecule has 0 unspecified atom stereocenters. The lowest BCUT2D eigenvalue weighted by Crippen LogP contribution is -2.38. The van der Waals surface area contributed by atoms with Crippen LogP contribution in [0.3, 0.4) is 0 Å². The van der Waals surface area contributed by atoms with Crippen molar-refractivity contribution < 1.29 is 19.4 Å². The third kappa shape index (κ3) is 6.84. The second kappa shape index (κ2) is 14.5. The summed E-state index contributed by atoms with van der Waals surface area (Å²) in [6, 6.07) is 29.3. The van der Waals surface area contributed by atoms with Crippen molar-refractivity contribution in [2.75, 3.05) is 39.5 Å². The quantitative estimate of drug-likeness (QED) is 0.132. The lowest BCUT2D eigenvalue weighted by Gasteiger charge is -2.27. The molecule has 0 radical (unpaired) electrons. The topological polar surface area (TPSA) is 68.9 Å². The largest absolute Gasteiger partial charge is 0.494 e. The summed E-state index contributed by atoms with van der Waals surface area (Å²) in [4.78, 5) is 15.5. The van der Waals surface area contributed by atoms with E-state index in [2.05, 4.69) is 93.0 Å². The van der Waals surface area contributed by atoms with Crippen LogP contribution in [-0.2, 0) is 24.2 Å². The van der Waals surface area contributed by atoms with Gasteiger partial charge in [0.25, 0.3) is 0 Å². The number of carbonyl (C=O) groups is 1. The van der Waals surface area contributed by atoms with Gasteiger partial charge in [-0.3, -0.25) is 4.90 Å². The molecule has 1 aliphatic heterocycles. The van der Waals surface area contributed by atoms with Gasteiger partial charge in [-0.25, -0.2) is 4.79 Å². The average molecular weight is 676 g/mol. The molecule has 0 saturated carbocycles. The minimum absolute atomic E-state index is 0.364. The Morgan fingerprint density at radius 2 is 1.63 bits per heavy atom. The number of benzene rings is 4. The van der Waals surface area contributed by atoms with Crippen molar-refractivity contribution in [3.8, 4) is 16.9 Å². The van der Waals surface area contributed by atoms with Gasteiger partial charge in [-0.2, -0.15) is 0 Å². The van der Waals surface area contributed by atoms with Gasteiger partial charge in [-0.15, -0.1) is 0 Å². The second-order valence-corrected chi connectivity index (χ2v) is 13.3. The van der Waals surface area contributed by atoms with E-state index in [1.807, 2.05) is 26.0 Å². The Kier molecular flexibility index (Phi) is 9.76. The Bertz CT molecular complexity index is 2100. The summed E-state index contributed by atoms with van der Waals surface area (Å²) in [6.07, 6.45) is 3.39. The van der Waals surface area contributed by atoms with Crippen molar-refractivity contribution in [1.29, 1.82) is 0 Å². The fraction of sp³-hybridized carbons (Fsp3) is 0.293. The first-order chi connectivity index (χ1) is 23.9. The van der Waals surface area contributed by atoms with Gasteiger partial charge >= 0.3 is 5.97 Å². The van der Waals surface area contributed by atoms with E-state index in [0.29, 0.717) is 51.4 Å². The van der Waals surface area contributed by atoms with Crippen LogP contribution in [0.25, 0.3) is 32.9 Å². The van der Waals surface area contributed by atoms with Crippen LogP contribution in [0, 0.1) is 13.8 Å². The molecule has 1 N–H and O–H groups in total. The summed E-state index contributed by atoms with van der Waals surface area (Å²) in [5.41, 5.74) is 8.66. The molecule has 7 nitrogen and oxygen atoms in total. The molecule has 49 heavy (non-hydrogen) atoms. The van der Waals surface area contributed by atoms with Gasteiger partial charge in [0, 0.05) is 60.4 Å². The predicted octanol–water partition coefficient (Wildman–Crippen LogP) is 8.62. The molecule has 3 heterocycles. The van der Waals surface area contributed by atoms with Crippen LogP contribution in [0.2, 0.25) is 5.02 Å². The zero-order valence-electron chi connectivity index (χ0n) is 28.1. The monoisotopic (exact) mass is 675 g/mol. The molecule has 1 saturated heterocycles. The molecule has 2 aromatic heterocycles. The summed E-state index contributed by atoms with van der Waals surface area (Å²) < 4.78 is 16.1.